The first kappa shape index (κ1) is 12.3. The highest BCUT2D eigenvalue weighted by Crippen LogP contribution is 2.31. The molecule has 1 saturated heterocycles. The molecule has 1 aromatic heterocycles. The van der Waals surface area contributed by atoms with Crippen molar-refractivity contribution >= 4 is 5.82 Å². The summed E-state index contributed by atoms with van der Waals surface area (Å²) in [5.74, 6) is 1.44. The summed E-state index contributed by atoms with van der Waals surface area (Å²) < 4.78 is 0. The molecule has 1 aromatic rings. The number of nitrogens with zero attached hydrogens (tertiary/aromatic N) is 2. The first-order valence-corrected chi connectivity index (χ1v) is 6.23. The van der Waals surface area contributed by atoms with E-state index in [9.17, 15) is 5.11 Å². The van der Waals surface area contributed by atoms with Crippen LogP contribution in [0.15, 0.2) is 18.3 Å². The van der Waals surface area contributed by atoms with Crippen LogP contribution in [0.1, 0.15) is 31.9 Å². The lowest BCUT2D eigenvalue weighted by Gasteiger charge is -2.28. The lowest BCUT2D eigenvalue weighted by molar-refractivity contribution is 0.244. The van der Waals surface area contributed by atoms with Crippen LogP contribution in [0.3, 0.4) is 0 Å². The van der Waals surface area contributed by atoms with Gasteiger partial charge in [-0.05, 0) is 25.3 Å². The molecule has 0 radical (unpaired) electrons. The Balaban J connectivity index is 2.33. The Hall–Kier alpha value is -1.13. The minimum atomic E-state index is -0.0334. The number of hydrogen-bond donors (Lipinski definition) is 2. The van der Waals surface area contributed by atoms with E-state index >= 15 is 0 Å². The van der Waals surface area contributed by atoms with Gasteiger partial charge in [-0.3, -0.25) is 0 Å². The fourth-order valence-electron chi connectivity index (χ4n) is 2.55. The van der Waals surface area contributed by atoms with Gasteiger partial charge in [0.1, 0.15) is 5.82 Å². The zero-order chi connectivity index (χ0) is 12.4. The number of anilines is 1. The molecular formula is C13H21N3O. The van der Waals surface area contributed by atoms with Crippen molar-refractivity contribution in [3.63, 3.8) is 0 Å². The van der Waals surface area contributed by atoms with Gasteiger partial charge < -0.3 is 15.7 Å². The Labute approximate surface area is 102 Å². The third-order valence-electron chi connectivity index (χ3n) is 3.65. The second-order valence-electron chi connectivity index (χ2n) is 4.91. The maximum absolute atomic E-state index is 9.50. The van der Waals surface area contributed by atoms with Crippen LogP contribution in [0.2, 0.25) is 0 Å². The van der Waals surface area contributed by atoms with Crippen molar-refractivity contribution in [1.29, 1.82) is 0 Å². The molecule has 1 aliphatic heterocycles. The molecule has 2 rings (SSSR count). The Morgan fingerprint density at radius 2 is 2.41 bits per heavy atom. The van der Waals surface area contributed by atoms with Crippen molar-refractivity contribution in [1.82, 2.24) is 4.98 Å². The quantitative estimate of drug-likeness (QED) is 0.829. The first-order valence-electron chi connectivity index (χ1n) is 6.23. The van der Waals surface area contributed by atoms with Crippen molar-refractivity contribution in [3.05, 3.63) is 23.9 Å². The number of rotatable bonds is 3. The highest BCUT2D eigenvalue weighted by Gasteiger charge is 2.32. The van der Waals surface area contributed by atoms with E-state index < -0.39 is 0 Å². The maximum Gasteiger partial charge on any atom is 0.133 e. The van der Waals surface area contributed by atoms with Crippen molar-refractivity contribution < 1.29 is 5.11 Å². The number of aliphatic hydroxyl groups excluding tert-OH is 1. The van der Waals surface area contributed by atoms with Crippen LogP contribution in [-0.2, 0) is 0 Å². The molecule has 1 fully saturated rings. The van der Waals surface area contributed by atoms with Crippen molar-refractivity contribution in [2.45, 2.75) is 32.4 Å². The lowest BCUT2D eigenvalue weighted by Crippen LogP contribution is -2.36. The summed E-state index contributed by atoms with van der Waals surface area (Å²) in [5.41, 5.74) is 7.03. The van der Waals surface area contributed by atoms with E-state index in [-0.39, 0.29) is 18.7 Å². The van der Waals surface area contributed by atoms with Crippen LogP contribution < -0.4 is 10.6 Å². The van der Waals surface area contributed by atoms with Crippen LogP contribution >= 0.6 is 0 Å². The van der Waals surface area contributed by atoms with Crippen molar-refractivity contribution in [2.75, 3.05) is 18.1 Å². The molecule has 0 aromatic carbocycles. The van der Waals surface area contributed by atoms with E-state index in [1.54, 1.807) is 6.20 Å². The fourth-order valence-corrected chi connectivity index (χ4v) is 2.55. The summed E-state index contributed by atoms with van der Waals surface area (Å²) >= 11 is 0. The number of pyridine rings is 1. The van der Waals surface area contributed by atoms with Gasteiger partial charge in [0.2, 0.25) is 0 Å². The molecule has 2 heterocycles. The molecule has 2 unspecified atom stereocenters. The highest BCUT2D eigenvalue weighted by atomic mass is 16.3. The molecule has 3 atom stereocenters. The van der Waals surface area contributed by atoms with Gasteiger partial charge in [0, 0.05) is 24.3 Å². The van der Waals surface area contributed by atoms with Gasteiger partial charge in [0.15, 0.2) is 0 Å². The molecule has 0 bridgehead atoms. The van der Waals surface area contributed by atoms with Gasteiger partial charge in [-0.25, -0.2) is 4.98 Å². The largest absolute Gasteiger partial charge is 0.394 e. The van der Waals surface area contributed by atoms with E-state index in [2.05, 4.69) is 16.8 Å². The zero-order valence-electron chi connectivity index (χ0n) is 10.5. The van der Waals surface area contributed by atoms with Gasteiger partial charge in [0.25, 0.3) is 0 Å². The number of aromatic nitrogens is 1. The van der Waals surface area contributed by atoms with E-state index in [0.717, 1.165) is 24.3 Å². The topological polar surface area (TPSA) is 62.4 Å². The van der Waals surface area contributed by atoms with E-state index in [0.29, 0.717) is 5.92 Å². The van der Waals surface area contributed by atoms with E-state index in [4.69, 9.17) is 5.73 Å². The molecule has 4 nitrogen and oxygen atoms in total. The SMILES string of the molecule is CC1CCN(c2ncccc2[C@@H](C)N)C1CO. The van der Waals surface area contributed by atoms with Crippen LogP contribution in [0, 0.1) is 5.92 Å². The predicted octanol–water partition coefficient (Wildman–Crippen LogP) is 1.31. The molecule has 4 heteroatoms. The van der Waals surface area contributed by atoms with Crippen LogP contribution in [0.5, 0.6) is 0 Å². The molecule has 0 amide bonds. The predicted molar refractivity (Wildman–Crippen MR) is 68.8 cm³/mol. The third-order valence-corrected chi connectivity index (χ3v) is 3.65. The van der Waals surface area contributed by atoms with Gasteiger partial charge in [0.05, 0.1) is 12.6 Å². The number of aliphatic hydroxyl groups is 1. The van der Waals surface area contributed by atoms with Gasteiger partial charge >= 0.3 is 0 Å². The minimum Gasteiger partial charge on any atom is -0.394 e. The van der Waals surface area contributed by atoms with Gasteiger partial charge in [-0.2, -0.15) is 0 Å². The summed E-state index contributed by atoms with van der Waals surface area (Å²) in [5, 5.41) is 9.50. The van der Waals surface area contributed by atoms with Crippen LogP contribution in [0.4, 0.5) is 5.82 Å². The van der Waals surface area contributed by atoms with Gasteiger partial charge in [-0.1, -0.05) is 13.0 Å². The molecular weight excluding hydrogens is 214 g/mol. The smallest absolute Gasteiger partial charge is 0.133 e. The second-order valence-corrected chi connectivity index (χ2v) is 4.91. The van der Waals surface area contributed by atoms with Crippen LogP contribution in [0.25, 0.3) is 0 Å². The van der Waals surface area contributed by atoms with Crippen molar-refractivity contribution in [2.24, 2.45) is 11.7 Å². The molecule has 0 saturated carbocycles. The normalized spacial score (nSPS) is 26.2. The number of hydrogen-bond acceptors (Lipinski definition) is 4. The minimum absolute atomic E-state index is 0.0334. The summed E-state index contributed by atoms with van der Waals surface area (Å²) in [6, 6.07) is 4.07. The standard InChI is InChI=1S/C13H21N3O/c1-9-5-7-16(12(9)8-17)13-11(10(2)14)4-3-6-15-13/h3-4,6,9-10,12,17H,5,7-8,14H2,1-2H3/t9?,10-,12?/m1/s1. The monoisotopic (exact) mass is 235 g/mol. The summed E-state index contributed by atoms with van der Waals surface area (Å²) in [6.07, 6.45) is 2.89. The Morgan fingerprint density at radius 3 is 3.06 bits per heavy atom. The molecule has 17 heavy (non-hydrogen) atoms. The third kappa shape index (κ3) is 2.28. The van der Waals surface area contributed by atoms with Gasteiger partial charge in [-0.15, -0.1) is 0 Å². The Bertz CT molecular complexity index is 381. The van der Waals surface area contributed by atoms with E-state index in [1.165, 1.54) is 0 Å². The average Bonchev–Trinajstić information content (AvgIpc) is 2.70. The molecule has 3 N–H and O–H groups in total. The Morgan fingerprint density at radius 1 is 1.65 bits per heavy atom. The molecule has 94 valence electrons. The summed E-state index contributed by atoms with van der Waals surface area (Å²) in [7, 11) is 0. The highest BCUT2D eigenvalue weighted by molar-refractivity contribution is 5.50. The maximum atomic E-state index is 9.50. The molecule has 0 spiro atoms. The second kappa shape index (κ2) is 5.02. The molecule has 0 aliphatic carbocycles. The summed E-state index contributed by atoms with van der Waals surface area (Å²) in [6.45, 7) is 5.27. The number of nitrogens with two attached hydrogens (primary N) is 1. The van der Waals surface area contributed by atoms with E-state index in [1.807, 2.05) is 19.1 Å². The Kier molecular flexibility index (Phi) is 3.64. The average molecular weight is 235 g/mol. The first-order chi connectivity index (χ1) is 8.15. The van der Waals surface area contributed by atoms with Crippen LogP contribution in [-0.4, -0.2) is 29.3 Å². The summed E-state index contributed by atoms with van der Waals surface area (Å²) in [4.78, 5) is 6.65. The zero-order valence-corrected chi connectivity index (χ0v) is 10.5. The van der Waals surface area contributed by atoms with Crippen molar-refractivity contribution in [3.8, 4) is 0 Å². The fraction of sp³-hybridized carbons (Fsp3) is 0.615. The lowest BCUT2D eigenvalue weighted by atomic mass is 10.0. The molecule has 1 aliphatic rings.